The van der Waals surface area contributed by atoms with Crippen molar-refractivity contribution in [1.29, 1.82) is 0 Å². The zero-order valence-electron chi connectivity index (χ0n) is 16.3. The molecule has 26 heavy (non-hydrogen) atoms. The molecule has 0 aromatic heterocycles. The van der Waals surface area contributed by atoms with Crippen molar-refractivity contribution in [3.63, 3.8) is 0 Å². The molecule has 0 saturated carbocycles. The largest absolute Gasteiger partial charge is 0.496 e. The van der Waals surface area contributed by atoms with Crippen molar-refractivity contribution in [3.8, 4) is 17.2 Å². The van der Waals surface area contributed by atoms with Gasteiger partial charge in [0.15, 0.2) is 5.96 Å². The van der Waals surface area contributed by atoms with Gasteiger partial charge in [-0.1, -0.05) is 0 Å². The van der Waals surface area contributed by atoms with Crippen molar-refractivity contribution in [2.45, 2.75) is 32.2 Å². The smallest absolute Gasteiger partial charge is 0.191 e. The van der Waals surface area contributed by atoms with Crippen molar-refractivity contribution >= 4 is 17.7 Å². The number of benzene rings is 1. The minimum absolute atomic E-state index is 0.497. The summed E-state index contributed by atoms with van der Waals surface area (Å²) in [7, 11) is 4.96. The number of aliphatic imine (C=N–C) groups is 1. The lowest BCUT2D eigenvalue weighted by molar-refractivity contribution is 0.369. The normalized spacial score (nSPS) is 17.5. The second kappa shape index (κ2) is 11.1. The molecule has 0 radical (unpaired) electrons. The van der Waals surface area contributed by atoms with Gasteiger partial charge < -0.3 is 24.8 Å². The van der Waals surface area contributed by atoms with Gasteiger partial charge in [-0.15, -0.1) is 0 Å². The van der Waals surface area contributed by atoms with Gasteiger partial charge in [-0.05, 0) is 31.9 Å². The SMILES string of the molecule is CCNC(=NCCc1c(OC)cc(OC)cc1OC)NC1CCCSC1. The Balaban J connectivity index is 2.05. The molecule has 0 amide bonds. The monoisotopic (exact) mass is 381 g/mol. The molecule has 1 aliphatic heterocycles. The molecule has 1 aromatic rings. The quantitative estimate of drug-likeness (QED) is 0.533. The zero-order valence-corrected chi connectivity index (χ0v) is 17.1. The van der Waals surface area contributed by atoms with Gasteiger partial charge in [0.1, 0.15) is 17.2 Å². The summed E-state index contributed by atoms with van der Waals surface area (Å²) in [6, 6.07) is 4.26. The number of guanidine groups is 1. The van der Waals surface area contributed by atoms with Gasteiger partial charge in [-0.2, -0.15) is 11.8 Å². The van der Waals surface area contributed by atoms with Gasteiger partial charge in [-0.3, -0.25) is 4.99 Å². The van der Waals surface area contributed by atoms with E-state index in [1.165, 1.54) is 18.6 Å². The standard InChI is InChI=1S/C19H31N3O3S/c1-5-20-19(22-14-7-6-10-26-13-14)21-9-8-16-17(24-3)11-15(23-2)12-18(16)25-4/h11-12,14H,5-10,13H2,1-4H3,(H2,20,21,22). The summed E-state index contributed by atoms with van der Waals surface area (Å²) in [4.78, 5) is 4.74. The van der Waals surface area contributed by atoms with Gasteiger partial charge >= 0.3 is 0 Å². The lowest BCUT2D eigenvalue weighted by Crippen LogP contribution is -2.45. The van der Waals surface area contributed by atoms with Gasteiger partial charge in [0.05, 0.1) is 21.3 Å². The highest BCUT2D eigenvalue weighted by Crippen LogP contribution is 2.34. The zero-order chi connectivity index (χ0) is 18.8. The van der Waals surface area contributed by atoms with Crippen LogP contribution in [0.4, 0.5) is 0 Å². The minimum atomic E-state index is 0.497. The van der Waals surface area contributed by atoms with Gasteiger partial charge in [0.2, 0.25) is 0 Å². The Kier molecular flexibility index (Phi) is 8.74. The van der Waals surface area contributed by atoms with Crippen LogP contribution in [0, 0.1) is 0 Å². The van der Waals surface area contributed by atoms with E-state index < -0.39 is 0 Å². The molecule has 146 valence electrons. The molecule has 6 nitrogen and oxygen atoms in total. The number of hydrogen-bond donors (Lipinski definition) is 2. The molecule has 0 bridgehead atoms. The van der Waals surface area contributed by atoms with E-state index in [4.69, 9.17) is 19.2 Å². The predicted molar refractivity (Wildman–Crippen MR) is 109 cm³/mol. The third-order valence-electron chi connectivity index (χ3n) is 4.29. The average Bonchev–Trinajstić information content (AvgIpc) is 2.68. The lowest BCUT2D eigenvalue weighted by atomic mass is 10.1. The van der Waals surface area contributed by atoms with Crippen LogP contribution in [0.3, 0.4) is 0 Å². The second-order valence-electron chi connectivity index (χ2n) is 6.08. The first-order valence-electron chi connectivity index (χ1n) is 9.13. The van der Waals surface area contributed by atoms with E-state index >= 15 is 0 Å². The molecule has 1 aromatic carbocycles. The molecule has 1 fully saturated rings. The van der Waals surface area contributed by atoms with E-state index in [9.17, 15) is 0 Å². The van der Waals surface area contributed by atoms with Crippen molar-refractivity contribution in [2.75, 3.05) is 45.9 Å². The van der Waals surface area contributed by atoms with Gasteiger partial charge in [0.25, 0.3) is 0 Å². The maximum Gasteiger partial charge on any atom is 0.191 e. The summed E-state index contributed by atoms with van der Waals surface area (Å²) in [5.41, 5.74) is 1.00. The number of thioether (sulfide) groups is 1. The van der Waals surface area contributed by atoms with Crippen LogP contribution in [0.5, 0.6) is 17.2 Å². The summed E-state index contributed by atoms with van der Waals surface area (Å²) in [6.45, 7) is 3.58. The molecule has 0 spiro atoms. The Bertz CT molecular complexity index is 564. The van der Waals surface area contributed by atoms with Crippen LogP contribution < -0.4 is 24.8 Å². The Labute approximate surface area is 161 Å². The molecule has 2 N–H and O–H groups in total. The van der Waals surface area contributed by atoms with Crippen molar-refractivity contribution in [1.82, 2.24) is 10.6 Å². The summed E-state index contributed by atoms with van der Waals surface area (Å²) < 4.78 is 16.3. The van der Waals surface area contributed by atoms with Crippen molar-refractivity contribution in [3.05, 3.63) is 17.7 Å². The Hall–Kier alpha value is -1.76. The average molecular weight is 382 g/mol. The van der Waals surface area contributed by atoms with Crippen LogP contribution in [-0.2, 0) is 6.42 Å². The maximum atomic E-state index is 5.51. The topological polar surface area (TPSA) is 64.1 Å². The molecule has 1 atom stereocenters. The van der Waals surface area contributed by atoms with E-state index in [0.717, 1.165) is 47.5 Å². The first-order valence-corrected chi connectivity index (χ1v) is 10.3. The van der Waals surface area contributed by atoms with Gasteiger partial charge in [0, 0.05) is 42.6 Å². The molecule has 0 aliphatic carbocycles. The number of rotatable bonds is 8. The molecule has 2 rings (SSSR count). The summed E-state index contributed by atoms with van der Waals surface area (Å²) >= 11 is 2.01. The third-order valence-corrected chi connectivity index (χ3v) is 5.51. The Morgan fingerprint density at radius 2 is 1.92 bits per heavy atom. The first-order chi connectivity index (χ1) is 12.7. The Morgan fingerprint density at radius 3 is 2.46 bits per heavy atom. The molecule has 1 heterocycles. The van der Waals surface area contributed by atoms with Crippen LogP contribution in [0.15, 0.2) is 17.1 Å². The fraction of sp³-hybridized carbons (Fsp3) is 0.632. The van der Waals surface area contributed by atoms with E-state index in [-0.39, 0.29) is 0 Å². The first kappa shape index (κ1) is 20.6. The minimum Gasteiger partial charge on any atom is -0.496 e. The highest BCUT2D eigenvalue weighted by atomic mass is 32.2. The van der Waals surface area contributed by atoms with E-state index in [0.29, 0.717) is 12.6 Å². The highest BCUT2D eigenvalue weighted by Gasteiger charge is 2.16. The van der Waals surface area contributed by atoms with E-state index in [1.807, 2.05) is 23.9 Å². The number of nitrogens with one attached hydrogen (secondary N) is 2. The number of hydrogen-bond acceptors (Lipinski definition) is 5. The molecule has 1 unspecified atom stereocenters. The van der Waals surface area contributed by atoms with E-state index in [1.54, 1.807) is 21.3 Å². The van der Waals surface area contributed by atoms with Crippen LogP contribution in [0.25, 0.3) is 0 Å². The molecule has 1 saturated heterocycles. The summed E-state index contributed by atoms with van der Waals surface area (Å²) in [6.07, 6.45) is 3.20. The van der Waals surface area contributed by atoms with Crippen LogP contribution in [0.1, 0.15) is 25.3 Å². The van der Waals surface area contributed by atoms with Crippen LogP contribution >= 0.6 is 11.8 Å². The number of methoxy groups -OCH3 is 3. The Morgan fingerprint density at radius 1 is 1.19 bits per heavy atom. The summed E-state index contributed by atoms with van der Waals surface area (Å²) in [5.74, 6) is 5.53. The summed E-state index contributed by atoms with van der Waals surface area (Å²) in [5, 5.41) is 6.89. The molecular weight excluding hydrogens is 350 g/mol. The predicted octanol–water partition coefficient (Wildman–Crippen LogP) is 2.71. The molecular formula is C19H31N3O3S. The fourth-order valence-electron chi connectivity index (χ4n) is 2.97. The van der Waals surface area contributed by atoms with Crippen LogP contribution in [0.2, 0.25) is 0 Å². The number of nitrogens with zero attached hydrogens (tertiary/aromatic N) is 1. The molecule has 1 aliphatic rings. The second-order valence-corrected chi connectivity index (χ2v) is 7.23. The van der Waals surface area contributed by atoms with Gasteiger partial charge in [-0.25, -0.2) is 0 Å². The maximum absolute atomic E-state index is 5.51. The lowest BCUT2D eigenvalue weighted by Gasteiger charge is -2.24. The van der Waals surface area contributed by atoms with Crippen LogP contribution in [-0.4, -0.2) is 57.9 Å². The van der Waals surface area contributed by atoms with Crippen molar-refractivity contribution in [2.24, 2.45) is 4.99 Å². The van der Waals surface area contributed by atoms with Crippen molar-refractivity contribution < 1.29 is 14.2 Å². The molecule has 7 heteroatoms. The number of ether oxygens (including phenoxy) is 3. The highest BCUT2D eigenvalue weighted by molar-refractivity contribution is 7.99. The third kappa shape index (κ3) is 5.90. The fourth-order valence-corrected chi connectivity index (χ4v) is 4.04. The van der Waals surface area contributed by atoms with E-state index in [2.05, 4.69) is 17.6 Å².